The first-order valence-electron chi connectivity index (χ1n) is 6.08. The van der Waals surface area contributed by atoms with Gasteiger partial charge in [-0.1, -0.05) is 12.5 Å². The molecular formula is C13H15NO3S. The number of anilines is 1. The van der Waals surface area contributed by atoms with Crippen molar-refractivity contribution in [2.75, 3.05) is 11.1 Å². The first-order valence-corrected chi connectivity index (χ1v) is 7.73. The van der Waals surface area contributed by atoms with E-state index >= 15 is 0 Å². The minimum atomic E-state index is -3.39. The smallest absolute Gasteiger partial charge is 0.231 e. The van der Waals surface area contributed by atoms with Crippen LogP contribution in [0.2, 0.25) is 0 Å². The molecule has 1 aliphatic carbocycles. The van der Waals surface area contributed by atoms with Gasteiger partial charge in [-0.3, -0.25) is 4.79 Å². The topological polar surface area (TPSA) is 63.2 Å². The summed E-state index contributed by atoms with van der Waals surface area (Å²) in [4.78, 5) is 12.4. The molecule has 0 radical (unpaired) electrons. The highest BCUT2D eigenvalue weighted by molar-refractivity contribution is 7.91. The Labute approximate surface area is 106 Å². The summed E-state index contributed by atoms with van der Waals surface area (Å²) >= 11 is 0. The molecule has 2 aliphatic rings. The van der Waals surface area contributed by atoms with E-state index in [1.54, 1.807) is 12.1 Å². The predicted molar refractivity (Wildman–Crippen MR) is 68.1 cm³/mol. The number of aryl methyl sites for hydroxylation is 1. The Morgan fingerprint density at radius 2 is 2.00 bits per heavy atom. The van der Waals surface area contributed by atoms with E-state index in [0.29, 0.717) is 18.5 Å². The van der Waals surface area contributed by atoms with E-state index < -0.39 is 15.3 Å². The second kappa shape index (κ2) is 3.57. The number of benzene rings is 1. The van der Waals surface area contributed by atoms with Crippen molar-refractivity contribution in [2.24, 2.45) is 5.41 Å². The van der Waals surface area contributed by atoms with Gasteiger partial charge < -0.3 is 5.32 Å². The number of amides is 1. The standard InChI is InChI=1S/C13H15NO3S/c1-9-3-4-10-11(7-9)18(16,17)8-13(5-2-6-13)12(15)14-10/h3-4,7H,2,5-6,8H2,1H3,(H,14,15). The summed E-state index contributed by atoms with van der Waals surface area (Å²) in [6.45, 7) is 1.85. The Morgan fingerprint density at radius 3 is 2.61 bits per heavy atom. The van der Waals surface area contributed by atoms with Crippen molar-refractivity contribution in [2.45, 2.75) is 31.1 Å². The van der Waals surface area contributed by atoms with Gasteiger partial charge in [0, 0.05) is 0 Å². The Hall–Kier alpha value is -1.36. The summed E-state index contributed by atoms with van der Waals surface area (Å²) in [5, 5.41) is 2.78. The quantitative estimate of drug-likeness (QED) is 0.779. The average Bonchev–Trinajstić information content (AvgIpc) is 2.33. The Balaban J connectivity index is 2.17. The number of carbonyl (C=O) groups excluding carboxylic acids is 1. The fourth-order valence-electron chi connectivity index (χ4n) is 2.73. The number of sulfone groups is 1. The lowest BCUT2D eigenvalue weighted by Crippen LogP contribution is -2.45. The second-order valence-electron chi connectivity index (χ2n) is 5.35. The first kappa shape index (κ1) is 11.7. The van der Waals surface area contributed by atoms with Crippen LogP contribution in [0.1, 0.15) is 24.8 Å². The van der Waals surface area contributed by atoms with Gasteiger partial charge in [0.05, 0.1) is 21.8 Å². The van der Waals surface area contributed by atoms with Gasteiger partial charge >= 0.3 is 0 Å². The van der Waals surface area contributed by atoms with Crippen LogP contribution in [0.25, 0.3) is 0 Å². The maximum Gasteiger partial charge on any atom is 0.231 e. The third-order valence-corrected chi connectivity index (χ3v) is 5.92. The van der Waals surface area contributed by atoms with E-state index in [0.717, 1.165) is 12.0 Å². The van der Waals surface area contributed by atoms with E-state index in [2.05, 4.69) is 5.32 Å². The van der Waals surface area contributed by atoms with E-state index in [1.807, 2.05) is 13.0 Å². The third-order valence-electron chi connectivity index (χ3n) is 3.98. The van der Waals surface area contributed by atoms with E-state index in [1.165, 1.54) is 0 Å². The predicted octanol–water partition coefficient (Wildman–Crippen LogP) is 1.89. The molecule has 1 heterocycles. The van der Waals surface area contributed by atoms with Gasteiger partial charge in [-0.15, -0.1) is 0 Å². The van der Waals surface area contributed by atoms with Crippen LogP contribution >= 0.6 is 0 Å². The van der Waals surface area contributed by atoms with Gasteiger partial charge in [0.25, 0.3) is 0 Å². The molecule has 5 heteroatoms. The van der Waals surface area contributed by atoms with Gasteiger partial charge in [-0.05, 0) is 37.5 Å². The highest BCUT2D eigenvalue weighted by Crippen LogP contribution is 2.46. The summed E-state index contributed by atoms with van der Waals surface area (Å²) < 4.78 is 24.8. The van der Waals surface area contributed by atoms with Crippen LogP contribution in [0.15, 0.2) is 23.1 Å². The molecule has 18 heavy (non-hydrogen) atoms. The van der Waals surface area contributed by atoms with Crippen molar-refractivity contribution in [3.8, 4) is 0 Å². The molecule has 0 aromatic heterocycles. The zero-order valence-electron chi connectivity index (χ0n) is 10.2. The summed E-state index contributed by atoms with van der Waals surface area (Å²) in [6, 6.07) is 5.13. The van der Waals surface area contributed by atoms with Gasteiger partial charge in [-0.25, -0.2) is 8.42 Å². The van der Waals surface area contributed by atoms with Crippen molar-refractivity contribution < 1.29 is 13.2 Å². The lowest BCUT2D eigenvalue weighted by atomic mass is 9.69. The minimum Gasteiger partial charge on any atom is -0.324 e. The SMILES string of the molecule is Cc1ccc2c(c1)S(=O)(=O)CC1(CCC1)C(=O)N2. The number of nitrogens with one attached hydrogen (secondary N) is 1. The normalized spacial score (nSPS) is 23.7. The third kappa shape index (κ3) is 1.57. The van der Waals surface area contributed by atoms with Crippen LogP contribution in [-0.2, 0) is 14.6 Å². The van der Waals surface area contributed by atoms with Crippen LogP contribution in [0.4, 0.5) is 5.69 Å². The Morgan fingerprint density at radius 1 is 1.28 bits per heavy atom. The maximum absolute atomic E-state index is 12.4. The van der Waals surface area contributed by atoms with E-state index in [4.69, 9.17) is 0 Å². The molecule has 1 aromatic carbocycles. The number of carbonyl (C=O) groups is 1. The molecule has 1 aromatic rings. The van der Waals surface area contributed by atoms with Crippen molar-refractivity contribution >= 4 is 21.4 Å². The molecule has 1 saturated carbocycles. The van der Waals surface area contributed by atoms with Crippen molar-refractivity contribution in [1.82, 2.24) is 0 Å². The van der Waals surface area contributed by atoms with Crippen molar-refractivity contribution in [1.29, 1.82) is 0 Å². The summed E-state index contributed by atoms with van der Waals surface area (Å²) in [5.41, 5.74) is 0.622. The highest BCUT2D eigenvalue weighted by Gasteiger charge is 2.49. The number of hydrogen-bond donors (Lipinski definition) is 1. The molecule has 4 nitrogen and oxygen atoms in total. The lowest BCUT2D eigenvalue weighted by Gasteiger charge is -2.38. The number of fused-ring (bicyclic) bond motifs is 1. The van der Waals surface area contributed by atoms with Gasteiger partial charge in [-0.2, -0.15) is 0 Å². The Kier molecular flexibility index (Phi) is 2.32. The molecule has 1 fully saturated rings. The van der Waals surface area contributed by atoms with Crippen LogP contribution in [0.5, 0.6) is 0 Å². The number of rotatable bonds is 0. The fourth-order valence-corrected chi connectivity index (χ4v) is 4.85. The van der Waals surface area contributed by atoms with Crippen LogP contribution < -0.4 is 5.32 Å². The van der Waals surface area contributed by atoms with Gasteiger partial charge in [0.1, 0.15) is 0 Å². The van der Waals surface area contributed by atoms with E-state index in [9.17, 15) is 13.2 Å². The minimum absolute atomic E-state index is 0.0533. The van der Waals surface area contributed by atoms with Gasteiger partial charge in [0.2, 0.25) is 5.91 Å². The molecule has 1 amide bonds. The molecule has 1 aliphatic heterocycles. The van der Waals surface area contributed by atoms with Crippen molar-refractivity contribution in [3.05, 3.63) is 23.8 Å². The zero-order chi connectivity index (χ0) is 13.0. The Bertz CT molecular complexity index is 630. The van der Waals surface area contributed by atoms with Crippen LogP contribution in [0, 0.1) is 12.3 Å². The molecule has 1 spiro atoms. The molecule has 0 unspecified atom stereocenters. The van der Waals surface area contributed by atoms with Crippen LogP contribution in [0.3, 0.4) is 0 Å². The molecular weight excluding hydrogens is 250 g/mol. The first-order chi connectivity index (χ1) is 8.43. The molecule has 96 valence electrons. The zero-order valence-corrected chi connectivity index (χ0v) is 11.0. The van der Waals surface area contributed by atoms with Gasteiger partial charge in [0.15, 0.2) is 9.84 Å². The molecule has 0 saturated heterocycles. The lowest BCUT2D eigenvalue weighted by molar-refractivity contribution is -0.128. The average molecular weight is 265 g/mol. The summed E-state index contributed by atoms with van der Waals surface area (Å²) in [5.74, 6) is -0.192. The van der Waals surface area contributed by atoms with E-state index in [-0.39, 0.29) is 16.6 Å². The fraction of sp³-hybridized carbons (Fsp3) is 0.462. The molecule has 0 bridgehead atoms. The molecule has 3 rings (SSSR count). The summed E-state index contributed by atoms with van der Waals surface area (Å²) in [7, 11) is -3.39. The highest BCUT2D eigenvalue weighted by atomic mass is 32.2. The largest absolute Gasteiger partial charge is 0.324 e. The maximum atomic E-state index is 12.4. The van der Waals surface area contributed by atoms with Crippen molar-refractivity contribution in [3.63, 3.8) is 0 Å². The molecule has 0 atom stereocenters. The summed E-state index contributed by atoms with van der Waals surface area (Å²) in [6.07, 6.45) is 2.27. The van der Waals surface area contributed by atoms with Crippen LogP contribution in [-0.4, -0.2) is 20.1 Å². The second-order valence-corrected chi connectivity index (χ2v) is 7.30. The number of hydrogen-bond acceptors (Lipinski definition) is 3. The monoisotopic (exact) mass is 265 g/mol. The molecule has 1 N–H and O–H groups in total.